The van der Waals surface area contributed by atoms with Crippen LogP contribution in [0.4, 0.5) is 4.79 Å². The van der Waals surface area contributed by atoms with Crippen LogP contribution in [0, 0.1) is 13.8 Å². The van der Waals surface area contributed by atoms with Gasteiger partial charge in [-0.1, -0.05) is 0 Å². The van der Waals surface area contributed by atoms with Crippen molar-refractivity contribution in [1.82, 2.24) is 9.88 Å². The van der Waals surface area contributed by atoms with Gasteiger partial charge < -0.3 is 19.7 Å². The van der Waals surface area contributed by atoms with E-state index in [2.05, 4.69) is 5.32 Å². The third-order valence-electron chi connectivity index (χ3n) is 3.29. The van der Waals surface area contributed by atoms with Crippen LogP contribution >= 0.6 is 0 Å². The minimum atomic E-state index is -1.08. The maximum absolute atomic E-state index is 11.7. The number of carboxylic acid groups (broad SMARTS) is 1. The van der Waals surface area contributed by atoms with Crippen molar-refractivity contribution in [2.24, 2.45) is 7.05 Å². The zero-order valence-electron chi connectivity index (χ0n) is 13.5. The Balaban J connectivity index is 2.81. The summed E-state index contributed by atoms with van der Waals surface area (Å²) in [6, 6.07) is 0.919. The first-order valence-corrected chi connectivity index (χ1v) is 6.85. The molecule has 1 aromatic heterocycles. The van der Waals surface area contributed by atoms with Crippen molar-refractivity contribution in [3.8, 4) is 0 Å². The molecule has 0 fully saturated rings. The summed E-state index contributed by atoms with van der Waals surface area (Å²) in [5.41, 5.74) is 2.28. The molecule has 1 aromatic rings. The SMILES string of the molecule is Cc1cc(CC(NC(=O)OC(C)(C)C)C(=O)O)c(C)n1C. The largest absolute Gasteiger partial charge is 0.480 e. The molecule has 1 heterocycles. The average Bonchev–Trinajstić information content (AvgIpc) is 2.53. The maximum atomic E-state index is 11.7. The Labute approximate surface area is 125 Å². The maximum Gasteiger partial charge on any atom is 0.408 e. The predicted molar refractivity (Wildman–Crippen MR) is 79.4 cm³/mol. The fourth-order valence-corrected chi connectivity index (χ4v) is 2.01. The molecule has 1 rings (SSSR count). The Morgan fingerprint density at radius 1 is 1.38 bits per heavy atom. The number of amides is 1. The highest BCUT2D eigenvalue weighted by atomic mass is 16.6. The van der Waals surface area contributed by atoms with Crippen molar-refractivity contribution in [3.05, 3.63) is 23.0 Å². The second kappa shape index (κ2) is 6.20. The number of hydrogen-bond donors (Lipinski definition) is 2. The molecule has 0 aromatic carbocycles. The Bertz CT molecular complexity index is 541. The van der Waals surface area contributed by atoms with Gasteiger partial charge in [0.2, 0.25) is 0 Å². The lowest BCUT2D eigenvalue weighted by Gasteiger charge is -2.22. The van der Waals surface area contributed by atoms with Crippen molar-refractivity contribution in [1.29, 1.82) is 0 Å². The fraction of sp³-hybridized carbons (Fsp3) is 0.600. The molecule has 1 unspecified atom stereocenters. The lowest BCUT2D eigenvalue weighted by Crippen LogP contribution is -2.44. The van der Waals surface area contributed by atoms with Crippen LogP contribution in [0.3, 0.4) is 0 Å². The molecule has 6 heteroatoms. The molecule has 0 saturated carbocycles. The Kier molecular flexibility index (Phi) is 5.04. The Hall–Kier alpha value is -1.98. The molecule has 0 aliphatic carbocycles. The van der Waals surface area contributed by atoms with Gasteiger partial charge in [0.05, 0.1) is 0 Å². The van der Waals surface area contributed by atoms with Gasteiger partial charge in [-0.3, -0.25) is 0 Å². The molecule has 21 heavy (non-hydrogen) atoms. The van der Waals surface area contributed by atoms with Crippen LogP contribution in [0.1, 0.15) is 37.7 Å². The number of aryl methyl sites for hydroxylation is 1. The summed E-state index contributed by atoms with van der Waals surface area (Å²) in [5.74, 6) is -1.08. The number of nitrogens with zero attached hydrogens (tertiary/aromatic N) is 1. The normalized spacial score (nSPS) is 12.9. The predicted octanol–water partition coefficient (Wildman–Crippen LogP) is 2.16. The van der Waals surface area contributed by atoms with E-state index in [0.717, 1.165) is 17.0 Å². The summed E-state index contributed by atoms with van der Waals surface area (Å²) in [5, 5.41) is 11.7. The highest BCUT2D eigenvalue weighted by Crippen LogP contribution is 2.16. The van der Waals surface area contributed by atoms with Crippen LogP contribution in [0.25, 0.3) is 0 Å². The number of hydrogen-bond acceptors (Lipinski definition) is 3. The second-order valence-corrected chi connectivity index (χ2v) is 6.20. The lowest BCUT2D eigenvalue weighted by atomic mass is 10.1. The lowest BCUT2D eigenvalue weighted by molar-refractivity contribution is -0.139. The van der Waals surface area contributed by atoms with Gasteiger partial charge in [-0.05, 0) is 46.2 Å². The molecule has 2 N–H and O–H groups in total. The molecule has 0 bridgehead atoms. The monoisotopic (exact) mass is 296 g/mol. The number of ether oxygens (including phenoxy) is 1. The van der Waals surface area contributed by atoms with Crippen molar-refractivity contribution in [3.63, 3.8) is 0 Å². The van der Waals surface area contributed by atoms with E-state index >= 15 is 0 Å². The Morgan fingerprint density at radius 3 is 2.33 bits per heavy atom. The van der Waals surface area contributed by atoms with E-state index in [1.807, 2.05) is 31.5 Å². The number of carboxylic acids is 1. The molecule has 0 aliphatic rings. The van der Waals surface area contributed by atoms with Crippen LogP contribution in [0.2, 0.25) is 0 Å². The minimum absolute atomic E-state index is 0.224. The van der Waals surface area contributed by atoms with Crippen molar-refractivity contribution in [2.45, 2.75) is 52.7 Å². The molecule has 0 aliphatic heterocycles. The zero-order valence-corrected chi connectivity index (χ0v) is 13.5. The molecule has 1 amide bonds. The molecule has 0 radical (unpaired) electrons. The molecular formula is C15H24N2O4. The van der Waals surface area contributed by atoms with Gasteiger partial charge in [0.25, 0.3) is 0 Å². The number of rotatable bonds is 4. The Morgan fingerprint density at radius 2 is 1.95 bits per heavy atom. The third kappa shape index (κ3) is 4.81. The van der Waals surface area contributed by atoms with E-state index in [1.165, 1.54) is 0 Å². The van der Waals surface area contributed by atoms with Crippen molar-refractivity contribution < 1.29 is 19.4 Å². The smallest absolute Gasteiger partial charge is 0.408 e. The summed E-state index contributed by atoms with van der Waals surface area (Å²) in [6.07, 6.45) is -0.498. The van der Waals surface area contributed by atoms with Crippen molar-refractivity contribution in [2.75, 3.05) is 0 Å². The van der Waals surface area contributed by atoms with Crippen LogP contribution in [-0.2, 0) is 23.0 Å². The summed E-state index contributed by atoms with van der Waals surface area (Å²) in [4.78, 5) is 23.0. The van der Waals surface area contributed by atoms with Gasteiger partial charge in [0.15, 0.2) is 0 Å². The van der Waals surface area contributed by atoms with E-state index in [0.29, 0.717) is 0 Å². The third-order valence-corrected chi connectivity index (χ3v) is 3.29. The molecule has 6 nitrogen and oxygen atoms in total. The highest BCUT2D eigenvalue weighted by molar-refractivity contribution is 5.80. The topological polar surface area (TPSA) is 80.6 Å². The molecular weight excluding hydrogens is 272 g/mol. The number of alkyl carbamates (subject to hydrolysis) is 1. The van der Waals surface area contributed by atoms with Crippen LogP contribution in [-0.4, -0.2) is 33.4 Å². The molecule has 1 atom stereocenters. The van der Waals surface area contributed by atoms with Crippen LogP contribution < -0.4 is 5.32 Å². The first-order valence-electron chi connectivity index (χ1n) is 6.85. The highest BCUT2D eigenvalue weighted by Gasteiger charge is 2.25. The van der Waals surface area contributed by atoms with E-state index in [1.54, 1.807) is 20.8 Å². The first-order chi connectivity index (χ1) is 9.51. The van der Waals surface area contributed by atoms with Crippen LogP contribution in [0.15, 0.2) is 6.07 Å². The summed E-state index contributed by atoms with van der Waals surface area (Å²) >= 11 is 0. The minimum Gasteiger partial charge on any atom is -0.480 e. The number of nitrogens with one attached hydrogen (secondary N) is 1. The van der Waals surface area contributed by atoms with Gasteiger partial charge in [-0.15, -0.1) is 0 Å². The van der Waals surface area contributed by atoms with E-state index in [-0.39, 0.29) is 6.42 Å². The van der Waals surface area contributed by atoms with E-state index in [4.69, 9.17) is 4.74 Å². The fourth-order valence-electron chi connectivity index (χ4n) is 2.01. The van der Waals surface area contributed by atoms with Crippen LogP contribution in [0.5, 0.6) is 0 Å². The molecule has 0 spiro atoms. The van der Waals surface area contributed by atoms with Gasteiger partial charge in [-0.25, -0.2) is 9.59 Å². The number of aliphatic carboxylic acids is 1. The number of carbonyl (C=O) groups is 2. The number of carbonyl (C=O) groups excluding carboxylic acids is 1. The second-order valence-electron chi connectivity index (χ2n) is 6.20. The van der Waals surface area contributed by atoms with Gasteiger partial charge >= 0.3 is 12.1 Å². The van der Waals surface area contributed by atoms with E-state index in [9.17, 15) is 14.7 Å². The summed E-state index contributed by atoms with van der Waals surface area (Å²) in [6.45, 7) is 9.06. The first kappa shape index (κ1) is 17.1. The quantitative estimate of drug-likeness (QED) is 0.892. The summed E-state index contributed by atoms with van der Waals surface area (Å²) in [7, 11) is 1.92. The zero-order chi connectivity index (χ0) is 16.4. The summed E-state index contributed by atoms with van der Waals surface area (Å²) < 4.78 is 7.08. The van der Waals surface area contributed by atoms with Gasteiger partial charge in [0, 0.05) is 24.9 Å². The van der Waals surface area contributed by atoms with Crippen molar-refractivity contribution >= 4 is 12.1 Å². The number of aromatic nitrogens is 1. The van der Waals surface area contributed by atoms with Gasteiger partial charge in [0.1, 0.15) is 11.6 Å². The molecule has 118 valence electrons. The van der Waals surface area contributed by atoms with E-state index < -0.39 is 23.7 Å². The standard InChI is InChI=1S/C15H24N2O4/c1-9-7-11(10(2)17(9)6)8-12(13(18)19)16-14(20)21-15(3,4)5/h7,12H,8H2,1-6H3,(H,16,20)(H,18,19). The average molecular weight is 296 g/mol. The molecule has 0 saturated heterocycles. The van der Waals surface area contributed by atoms with Gasteiger partial charge in [-0.2, -0.15) is 0 Å².